The number of anilines is 2. The Kier molecular flexibility index (Phi) is 7.15. The number of benzene rings is 1. The number of ether oxygens (including phenoxy) is 1. The predicted octanol–water partition coefficient (Wildman–Crippen LogP) is 4.94. The molecule has 0 spiro atoms. The topological polar surface area (TPSA) is 75.5 Å². The van der Waals surface area contributed by atoms with E-state index in [0.717, 1.165) is 53.3 Å². The molecule has 5 rings (SSSR count). The summed E-state index contributed by atoms with van der Waals surface area (Å²) in [5.74, 6) is 1.39. The van der Waals surface area contributed by atoms with E-state index < -0.39 is 5.82 Å². The minimum absolute atomic E-state index is 0.186. The second-order valence-corrected chi connectivity index (χ2v) is 10.4. The number of amides is 2. The molecule has 2 aliphatic heterocycles. The summed E-state index contributed by atoms with van der Waals surface area (Å²) in [6.45, 7) is 10.4. The van der Waals surface area contributed by atoms with E-state index in [0.29, 0.717) is 38.1 Å². The minimum Gasteiger partial charge on any atom is -0.378 e. The van der Waals surface area contributed by atoms with Crippen molar-refractivity contribution >= 4 is 17.5 Å². The third-order valence-corrected chi connectivity index (χ3v) is 7.47. The van der Waals surface area contributed by atoms with Crippen LogP contribution < -0.4 is 10.2 Å². The van der Waals surface area contributed by atoms with E-state index in [2.05, 4.69) is 29.2 Å². The maximum absolute atomic E-state index is 15.0. The van der Waals surface area contributed by atoms with Crippen LogP contribution >= 0.6 is 0 Å². The zero-order chi connectivity index (χ0) is 26.1. The minimum atomic E-state index is -0.441. The molecule has 2 fully saturated rings. The summed E-state index contributed by atoms with van der Waals surface area (Å²) >= 11 is 0. The highest BCUT2D eigenvalue weighted by Crippen LogP contribution is 2.34. The fraction of sp³-hybridized carbons (Fsp3) is 0.464. The highest BCUT2D eigenvalue weighted by molar-refractivity contribution is 5.91. The van der Waals surface area contributed by atoms with Crippen molar-refractivity contribution < 1.29 is 13.9 Å². The number of carbonyl (C=O) groups is 1. The third-order valence-electron chi connectivity index (χ3n) is 7.47. The number of nitrogens with zero attached hydrogens (tertiary/aromatic N) is 5. The highest BCUT2D eigenvalue weighted by Gasteiger charge is 2.28. The van der Waals surface area contributed by atoms with E-state index in [1.807, 2.05) is 32.3 Å². The number of hydrogen-bond acceptors (Lipinski definition) is 5. The van der Waals surface area contributed by atoms with E-state index in [4.69, 9.17) is 9.72 Å². The van der Waals surface area contributed by atoms with Crippen molar-refractivity contribution in [2.75, 3.05) is 49.6 Å². The third kappa shape index (κ3) is 5.46. The average Bonchev–Trinajstić information content (AvgIpc) is 3.56. The van der Waals surface area contributed by atoms with Gasteiger partial charge in [-0.25, -0.2) is 14.2 Å². The molecule has 0 radical (unpaired) electrons. The van der Waals surface area contributed by atoms with Crippen LogP contribution in [0.3, 0.4) is 0 Å². The van der Waals surface area contributed by atoms with Crippen LogP contribution in [0.15, 0.2) is 36.7 Å². The zero-order valence-corrected chi connectivity index (χ0v) is 22.0. The van der Waals surface area contributed by atoms with Gasteiger partial charge in [-0.3, -0.25) is 4.68 Å². The summed E-state index contributed by atoms with van der Waals surface area (Å²) in [6, 6.07) is 7.01. The van der Waals surface area contributed by atoms with Crippen molar-refractivity contribution in [3.8, 4) is 22.4 Å². The van der Waals surface area contributed by atoms with Crippen molar-refractivity contribution in [2.45, 2.75) is 27.2 Å². The maximum Gasteiger partial charge on any atom is 0.321 e. The number of urea groups is 1. The Morgan fingerprint density at radius 1 is 1.14 bits per heavy atom. The number of halogens is 1. The van der Waals surface area contributed by atoms with Gasteiger partial charge in [-0.2, -0.15) is 5.10 Å². The average molecular weight is 507 g/mol. The lowest BCUT2D eigenvalue weighted by Crippen LogP contribution is -2.36. The van der Waals surface area contributed by atoms with Crippen molar-refractivity contribution in [3.05, 3.63) is 48.0 Å². The Morgan fingerprint density at radius 2 is 1.92 bits per heavy atom. The second-order valence-electron chi connectivity index (χ2n) is 10.4. The number of pyridine rings is 1. The zero-order valence-electron chi connectivity index (χ0n) is 22.0. The summed E-state index contributed by atoms with van der Waals surface area (Å²) in [5, 5.41) is 7.14. The van der Waals surface area contributed by atoms with E-state index in [1.165, 1.54) is 6.07 Å². The number of morpholine rings is 1. The predicted molar refractivity (Wildman–Crippen MR) is 143 cm³/mol. The Balaban J connectivity index is 1.49. The van der Waals surface area contributed by atoms with Crippen molar-refractivity contribution in [1.29, 1.82) is 0 Å². The van der Waals surface area contributed by atoms with E-state index in [-0.39, 0.29) is 11.7 Å². The van der Waals surface area contributed by atoms with Crippen LogP contribution in [0.2, 0.25) is 0 Å². The summed E-state index contributed by atoms with van der Waals surface area (Å²) < 4.78 is 22.3. The van der Waals surface area contributed by atoms with Gasteiger partial charge in [-0.05, 0) is 66.1 Å². The number of aromatic nitrogens is 3. The summed E-state index contributed by atoms with van der Waals surface area (Å²) in [7, 11) is 1.87. The van der Waals surface area contributed by atoms with Crippen LogP contribution in [0.1, 0.15) is 25.8 Å². The smallest absolute Gasteiger partial charge is 0.321 e. The van der Waals surface area contributed by atoms with Crippen molar-refractivity contribution in [1.82, 2.24) is 19.7 Å². The van der Waals surface area contributed by atoms with Gasteiger partial charge in [-0.1, -0.05) is 13.8 Å². The normalized spacial score (nSPS) is 18.1. The molecule has 8 nitrogen and oxygen atoms in total. The molecule has 9 heteroatoms. The van der Waals surface area contributed by atoms with E-state index in [9.17, 15) is 4.79 Å². The Hall–Kier alpha value is -3.46. The first-order valence-corrected chi connectivity index (χ1v) is 13.0. The number of hydrogen-bond donors (Lipinski definition) is 1. The quantitative estimate of drug-likeness (QED) is 0.530. The van der Waals surface area contributed by atoms with Gasteiger partial charge in [0.15, 0.2) is 0 Å². The molecule has 1 N–H and O–H groups in total. The van der Waals surface area contributed by atoms with E-state index in [1.54, 1.807) is 21.8 Å². The number of rotatable bonds is 5. The van der Waals surface area contributed by atoms with Gasteiger partial charge in [0.1, 0.15) is 11.6 Å². The Morgan fingerprint density at radius 3 is 2.59 bits per heavy atom. The second kappa shape index (κ2) is 10.5. The van der Waals surface area contributed by atoms with Gasteiger partial charge >= 0.3 is 6.03 Å². The van der Waals surface area contributed by atoms with Gasteiger partial charge in [0.25, 0.3) is 0 Å². The lowest BCUT2D eigenvalue weighted by atomic mass is 9.95. The van der Waals surface area contributed by atoms with Gasteiger partial charge in [0, 0.05) is 45.0 Å². The van der Waals surface area contributed by atoms with Crippen LogP contribution in [0, 0.1) is 24.6 Å². The standard InChI is InChI=1S/C28H35FN6O2/c1-18(2)20-5-6-35(17-20)28(36)32-26-14-23(19(3)11-24(26)29)21-12-25(22-15-30-33(4)16-22)31-27(13-21)34-7-9-37-10-8-34/h11-16,18,20H,5-10,17H2,1-4H3,(H,32,36)/t20-/m1/s1. The molecule has 37 heavy (non-hydrogen) atoms. The maximum atomic E-state index is 15.0. The Bertz CT molecular complexity index is 1280. The molecule has 1 atom stereocenters. The summed E-state index contributed by atoms with van der Waals surface area (Å²) in [5.41, 5.74) is 4.42. The van der Waals surface area contributed by atoms with Gasteiger partial charge in [0.05, 0.1) is 30.8 Å². The molecular formula is C28H35FN6O2. The highest BCUT2D eigenvalue weighted by atomic mass is 19.1. The molecule has 2 aliphatic rings. The molecule has 0 aliphatic carbocycles. The number of likely N-dealkylation sites (tertiary alicyclic amines) is 1. The Labute approximate surface area is 217 Å². The number of nitrogens with one attached hydrogen (secondary N) is 1. The molecule has 2 aromatic heterocycles. The fourth-order valence-corrected chi connectivity index (χ4v) is 5.12. The SMILES string of the molecule is Cc1cc(F)c(NC(=O)N2CC[C@@H](C(C)C)C2)cc1-c1cc(-c2cnn(C)c2)nc(N2CCOCC2)c1. The fourth-order valence-electron chi connectivity index (χ4n) is 5.12. The lowest BCUT2D eigenvalue weighted by Gasteiger charge is -2.28. The molecule has 2 saturated heterocycles. The van der Waals surface area contributed by atoms with Crippen LogP contribution in [0.4, 0.5) is 20.7 Å². The first-order valence-electron chi connectivity index (χ1n) is 13.0. The first kappa shape index (κ1) is 25.2. The molecule has 196 valence electrons. The molecule has 4 heterocycles. The lowest BCUT2D eigenvalue weighted by molar-refractivity contribution is 0.122. The van der Waals surface area contributed by atoms with Crippen molar-refractivity contribution in [3.63, 3.8) is 0 Å². The summed E-state index contributed by atoms with van der Waals surface area (Å²) in [6.07, 6.45) is 4.70. The monoisotopic (exact) mass is 506 g/mol. The number of aryl methyl sites for hydroxylation is 2. The van der Waals surface area contributed by atoms with E-state index >= 15 is 4.39 Å². The van der Waals surface area contributed by atoms with Gasteiger partial charge in [0.2, 0.25) is 0 Å². The van der Waals surface area contributed by atoms with Crippen LogP contribution in [-0.2, 0) is 11.8 Å². The first-order chi connectivity index (χ1) is 17.8. The van der Waals surface area contributed by atoms with Crippen LogP contribution in [0.25, 0.3) is 22.4 Å². The molecule has 1 aromatic carbocycles. The molecule has 0 saturated carbocycles. The van der Waals surface area contributed by atoms with Gasteiger partial charge < -0.3 is 19.9 Å². The number of carbonyl (C=O) groups excluding carboxylic acids is 1. The van der Waals surface area contributed by atoms with Crippen LogP contribution in [-0.4, -0.2) is 65.1 Å². The molecule has 3 aromatic rings. The largest absolute Gasteiger partial charge is 0.378 e. The molecule has 2 amide bonds. The van der Waals surface area contributed by atoms with Gasteiger partial charge in [-0.15, -0.1) is 0 Å². The molecule has 0 bridgehead atoms. The van der Waals surface area contributed by atoms with Crippen LogP contribution in [0.5, 0.6) is 0 Å². The van der Waals surface area contributed by atoms with Crippen molar-refractivity contribution in [2.24, 2.45) is 18.9 Å². The summed E-state index contributed by atoms with van der Waals surface area (Å²) in [4.78, 5) is 21.9. The molecule has 0 unspecified atom stereocenters. The molecular weight excluding hydrogens is 471 g/mol.